The molecule has 0 saturated carbocycles. The van der Waals surface area contributed by atoms with Gasteiger partial charge in [-0.25, -0.2) is 0 Å². The molecule has 1 fully saturated rings. The van der Waals surface area contributed by atoms with Gasteiger partial charge >= 0.3 is 0 Å². The molecule has 1 saturated heterocycles. The first-order valence-electron chi connectivity index (χ1n) is 9.86. The molecule has 26 heavy (non-hydrogen) atoms. The van der Waals surface area contributed by atoms with Gasteiger partial charge in [0.25, 0.3) is 0 Å². The molecule has 1 aliphatic heterocycles. The summed E-state index contributed by atoms with van der Waals surface area (Å²) in [5.74, 6) is 2.04. The summed E-state index contributed by atoms with van der Waals surface area (Å²) in [6.45, 7) is 4.27. The van der Waals surface area contributed by atoms with Gasteiger partial charge in [0.1, 0.15) is 0 Å². The molecular weight excluding hydrogens is 338 g/mol. The summed E-state index contributed by atoms with van der Waals surface area (Å²) >= 11 is 2.04. The first-order chi connectivity index (χ1) is 12.9. The van der Waals surface area contributed by atoms with Gasteiger partial charge in [-0.3, -0.25) is 4.98 Å². The third-order valence-electron chi connectivity index (χ3n) is 5.25. The third-order valence-corrected chi connectivity index (χ3v) is 6.57. The highest BCUT2D eigenvalue weighted by Crippen LogP contribution is 2.36. The summed E-state index contributed by atoms with van der Waals surface area (Å²) in [5.41, 5.74) is 8.24. The molecule has 1 aromatic heterocycles. The molecule has 2 aromatic rings. The lowest BCUT2D eigenvalue weighted by molar-refractivity contribution is 0.288. The summed E-state index contributed by atoms with van der Waals surface area (Å²) in [4.78, 5) is 7.16. The molecular formula is C22H31N3S. The summed E-state index contributed by atoms with van der Waals surface area (Å²) in [6.07, 6.45) is 7.21. The van der Waals surface area contributed by atoms with E-state index in [4.69, 9.17) is 5.73 Å². The van der Waals surface area contributed by atoms with E-state index in [0.29, 0.717) is 5.25 Å². The van der Waals surface area contributed by atoms with Gasteiger partial charge in [-0.15, -0.1) is 11.8 Å². The monoisotopic (exact) mass is 369 g/mol. The summed E-state index contributed by atoms with van der Waals surface area (Å²) in [7, 11) is 0. The van der Waals surface area contributed by atoms with Gasteiger partial charge in [0.05, 0.1) is 10.9 Å². The molecule has 2 heterocycles. The number of thioether (sulfide) groups is 1. The van der Waals surface area contributed by atoms with E-state index in [-0.39, 0.29) is 0 Å². The van der Waals surface area contributed by atoms with Crippen LogP contribution < -0.4 is 5.73 Å². The molecule has 0 radical (unpaired) electrons. The standard InChI is InChI=1S/C22H31N3S/c23-13-17-25-15-6-7-19(11-16-25)12-18-26-22(20-8-2-1-3-9-20)21-10-4-5-14-24-21/h1-5,8-10,14,19,22H,6-7,11-13,15-18,23H2. The van der Waals surface area contributed by atoms with Crippen molar-refractivity contribution in [3.05, 3.63) is 66.0 Å². The Labute approximate surface area is 162 Å². The Kier molecular flexibility index (Phi) is 7.99. The maximum absolute atomic E-state index is 5.72. The summed E-state index contributed by atoms with van der Waals surface area (Å²) in [6, 6.07) is 17.0. The maximum atomic E-state index is 5.72. The van der Waals surface area contributed by atoms with E-state index in [0.717, 1.165) is 19.0 Å². The largest absolute Gasteiger partial charge is 0.329 e. The Hall–Kier alpha value is -1.36. The highest BCUT2D eigenvalue weighted by atomic mass is 32.2. The topological polar surface area (TPSA) is 42.1 Å². The lowest BCUT2D eigenvalue weighted by Crippen LogP contribution is -2.30. The van der Waals surface area contributed by atoms with Crippen LogP contribution in [-0.4, -0.2) is 41.8 Å². The second-order valence-electron chi connectivity index (χ2n) is 7.13. The van der Waals surface area contributed by atoms with Crippen molar-refractivity contribution in [1.82, 2.24) is 9.88 Å². The Morgan fingerprint density at radius 2 is 1.92 bits per heavy atom. The number of nitrogens with zero attached hydrogens (tertiary/aromatic N) is 2. The summed E-state index contributed by atoms with van der Waals surface area (Å²) in [5, 5.41) is 0.330. The van der Waals surface area contributed by atoms with E-state index >= 15 is 0 Å². The van der Waals surface area contributed by atoms with Crippen molar-refractivity contribution in [2.24, 2.45) is 11.7 Å². The first-order valence-corrected chi connectivity index (χ1v) is 10.9. The molecule has 0 spiro atoms. The third kappa shape index (κ3) is 5.83. The molecule has 3 nitrogen and oxygen atoms in total. The second kappa shape index (κ2) is 10.7. The molecule has 140 valence electrons. The minimum atomic E-state index is 0.330. The zero-order valence-corrected chi connectivity index (χ0v) is 16.4. The molecule has 0 amide bonds. The normalized spacial score (nSPS) is 19.8. The van der Waals surface area contributed by atoms with Crippen molar-refractivity contribution in [1.29, 1.82) is 0 Å². The molecule has 2 atom stereocenters. The number of pyridine rings is 1. The SMILES string of the molecule is NCCN1CCCC(CCSC(c2ccccc2)c2ccccn2)CC1. The lowest BCUT2D eigenvalue weighted by Gasteiger charge is -2.20. The lowest BCUT2D eigenvalue weighted by atomic mass is 9.98. The minimum Gasteiger partial charge on any atom is -0.329 e. The number of benzene rings is 1. The van der Waals surface area contributed by atoms with Crippen molar-refractivity contribution in [3.63, 3.8) is 0 Å². The van der Waals surface area contributed by atoms with Gasteiger partial charge in [-0.2, -0.15) is 0 Å². The van der Waals surface area contributed by atoms with Crippen LogP contribution in [0.1, 0.15) is 42.2 Å². The average Bonchev–Trinajstić information content (AvgIpc) is 2.92. The Morgan fingerprint density at radius 1 is 1.08 bits per heavy atom. The number of rotatable bonds is 8. The molecule has 1 aromatic carbocycles. The fourth-order valence-corrected chi connectivity index (χ4v) is 5.15. The van der Waals surface area contributed by atoms with E-state index < -0.39 is 0 Å². The van der Waals surface area contributed by atoms with Crippen LogP contribution in [-0.2, 0) is 0 Å². The Morgan fingerprint density at radius 3 is 2.69 bits per heavy atom. The highest BCUT2D eigenvalue weighted by Gasteiger charge is 2.19. The Bertz CT molecular complexity index is 580. The molecule has 4 heteroatoms. The van der Waals surface area contributed by atoms with Crippen LogP contribution in [0.4, 0.5) is 0 Å². The number of hydrogen-bond acceptors (Lipinski definition) is 4. The van der Waals surface area contributed by atoms with E-state index in [1.807, 2.05) is 24.0 Å². The molecule has 2 N–H and O–H groups in total. The van der Waals surface area contributed by atoms with E-state index in [1.54, 1.807) is 0 Å². The molecule has 2 unspecified atom stereocenters. The molecule has 3 rings (SSSR count). The summed E-state index contributed by atoms with van der Waals surface area (Å²) < 4.78 is 0. The van der Waals surface area contributed by atoms with E-state index in [1.165, 1.54) is 55.8 Å². The maximum Gasteiger partial charge on any atom is 0.0719 e. The van der Waals surface area contributed by atoms with Gasteiger partial charge in [-0.1, -0.05) is 36.4 Å². The zero-order chi connectivity index (χ0) is 18.0. The fourth-order valence-electron chi connectivity index (χ4n) is 3.78. The van der Waals surface area contributed by atoms with Crippen LogP contribution in [0.3, 0.4) is 0 Å². The molecule has 1 aliphatic rings. The van der Waals surface area contributed by atoms with Crippen molar-refractivity contribution in [2.75, 3.05) is 31.9 Å². The van der Waals surface area contributed by atoms with Gasteiger partial charge in [0.15, 0.2) is 0 Å². The van der Waals surface area contributed by atoms with Crippen molar-refractivity contribution < 1.29 is 0 Å². The average molecular weight is 370 g/mol. The van der Waals surface area contributed by atoms with Gasteiger partial charge in [0, 0.05) is 19.3 Å². The Balaban J connectivity index is 1.55. The van der Waals surface area contributed by atoms with Gasteiger partial charge in [-0.05, 0) is 68.1 Å². The van der Waals surface area contributed by atoms with Crippen LogP contribution >= 0.6 is 11.8 Å². The van der Waals surface area contributed by atoms with Crippen LogP contribution in [0.5, 0.6) is 0 Å². The van der Waals surface area contributed by atoms with Gasteiger partial charge in [0.2, 0.25) is 0 Å². The predicted molar refractivity (Wildman–Crippen MR) is 112 cm³/mol. The van der Waals surface area contributed by atoms with Crippen LogP contribution in [0.25, 0.3) is 0 Å². The van der Waals surface area contributed by atoms with Crippen LogP contribution in [0.15, 0.2) is 54.7 Å². The quantitative estimate of drug-likeness (QED) is 0.751. The molecule has 0 aliphatic carbocycles. The highest BCUT2D eigenvalue weighted by molar-refractivity contribution is 7.99. The fraction of sp³-hybridized carbons (Fsp3) is 0.500. The zero-order valence-electron chi connectivity index (χ0n) is 15.6. The number of nitrogens with two attached hydrogens (primary N) is 1. The van der Waals surface area contributed by atoms with Crippen molar-refractivity contribution in [2.45, 2.75) is 30.9 Å². The van der Waals surface area contributed by atoms with Gasteiger partial charge < -0.3 is 10.6 Å². The molecule has 0 bridgehead atoms. The van der Waals surface area contributed by atoms with Crippen molar-refractivity contribution in [3.8, 4) is 0 Å². The first kappa shape index (κ1) is 19.4. The number of aromatic nitrogens is 1. The van der Waals surface area contributed by atoms with E-state index in [9.17, 15) is 0 Å². The minimum absolute atomic E-state index is 0.330. The smallest absolute Gasteiger partial charge is 0.0719 e. The number of likely N-dealkylation sites (tertiary alicyclic amines) is 1. The van der Waals surface area contributed by atoms with E-state index in [2.05, 4.69) is 52.3 Å². The number of hydrogen-bond donors (Lipinski definition) is 1. The van der Waals surface area contributed by atoms with Crippen molar-refractivity contribution >= 4 is 11.8 Å². The van der Waals surface area contributed by atoms with Crippen LogP contribution in [0.2, 0.25) is 0 Å². The second-order valence-corrected chi connectivity index (χ2v) is 8.35. The predicted octanol–water partition coefficient (Wildman–Crippen LogP) is 4.36. The van der Waals surface area contributed by atoms with Crippen LogP contribution in [0, 0.1) is 5.92 Å².